The van der Waals surface area contributed by atoms with Crippen molar-refractivity contribution >= 4 is 46.4 Å². The molecular weight excluding hydrogens is 363 g/mol. The number of hydrogen-bond acceptors (Lipinski definition) is 3. The molecule has 0 spiro atoms. The monoisotopic (exact) mass is 380 g/mol. The molecule has 0 atom stereocenters. The van der Waals surface area contributed by atoms with Crippen molar-refractivity contribution in [3.8, 4) is 5.75 Å². The average molecular weight is 381 g/mol. The van der Waals surface area contributed by atoms with Gasteiger partial charge in [-0.3, -0.25) is 9.59 Å². The number of nitrogens with zero attached hydrogens (tertiary/aromatic N) is 1. The summed E-state index contributed by atoms with van der Waals surface area (Å²) in [5.41, 5.74) is 1.12. The van der Waals surface area contributed by atoms with Crippen LogP contribution in [0.25, 0.3) is 0 Å². The summed E-state index contributed by atoms with van der Waals surface area (Å²) in [6.45, 7) is 3.73. The van der Waals surface area contributed by atoms with Crippen molar-refractivity contribution in [1.82, 2.24) is 0 Å². The third kappa shape index (κ3) is 5.37. The summed E-state index contributed by atoms with van der Waals surface area (Å²) in [7, 11) is 0. The van der Waals surface area contributed by atoms with E-state index in [1.165, 1.54) is 11.8 Å². The Bertz CT molecular complexity index is 763. The third-order valence-electron chi connectivity index (χ3n) is 3.34. The molecule has 0 unspecified atom stereocenters. The third-order valence-corrected chi connectivity index (χ3v) is 4.08. The largest absolute Gasteiger partial charge is 0.494 e. The predicted octanol–water partition coefficient (Wildman–Crippen LogP) is 4.38. The van der Waals surface area contributed by atoms with Gasteiger partial charge in [-0.25, -0.2) is 0 Å². The Hall–Kier alpha value is -2.24. The summed E-state index contributed by atoms with van der Waals surface area (Å²) in [5.74, 6) is 0.117. The number of anilines is 2. The zero-order valence-electron chi connectivity index (χ0n) is 13.9. The summed E-state index contributed by atoms with van der Waals surface area (Å²) < 4.78 is 5.38. The Morgan fingerprint density at radius 2 is 1.76 bits per heavy atom. The van der Waals surface area contributed by atoms with Gasteiger partial charge in [0.15, 0.2) is 0 Å². The molecular formula is C18H18Cl2N2O3. The van der Waals surface area contributed by atoms with Crippen LogP contribution in [-0.4, -0.2) is 25.0 Å². The molecule has 0 bridgehead atoms. The van der Waals surface area contributed by atoms with E-state index in [-0.39, 0.29) is 18.4 Å². The fourth-order valence-corrected chi connectivity index (χ4v) is 2.49. The van der Waals surface area contributed by atoms with E-state index in [2.05, 4.69) is 5.32 Å². The number of carbonyl (C=O) groups is 2. The zero-order valence-corrected chi connectivity index (χ0v) is 15.4. The highest BCUT2D eigenvalue weighted by molar-refractivity contribution is 6.42. The first-order chi connectivity index (χ1) is 11.9. The van der Waals surface area contributed by atoms with Gasteiger partial charge in [-0.15, -0.1) is 0 Å². The molecule has 0 aliphatic carbocycles. The standard InChI is InChI=1S/C18H18Cl2N2O3/c1-3-25-15-7-5-14(6-8-15)22(12(2)23)11-18(24)21-13-4-9-16(19)17(20)10-13/h4-10H,3,11H2,1-2H3,(H,21,24). The van der Waals surface area contributed by atoms with Gasteiger partial charge >= 0.3 is 0 Å². The van der Waals surface area contributed by atoms with E-state index in [0.29, 0.717) is 33.8 Å². The SMILES string of the molecule is CCOc1ccc(N(CC(=O)Nc2ccc(Cl)c(Cl)c2)C(C)=O)cc1. The van der Waals surface area contributed by atoms with E-state index < -0.39 is 0 Å². The molecule has 2 amide bonds. The average Bonchev–Trinajstić information content (AvgIpc) is 2.57. The summed E-state index contributed by atoms with van der Waals surface area (Å²) in [6.07, 6.45) is 0. The minimum atomic E-state index is -0.345. The summed E-state index contributed by atoms with van der Waals surface area (Å²) in [6, 6.07) is 11.8. The number of hydrogen-bond donors (Lipinski definition) is 1. The van der Waals surface area contributed by atoms with Gasteiger partial charge in [0, 0.05) is 18.3 Å². The Balaban J connectivity index is 2.08. The van der Waals surface area contributed by atoms with E-state index >= 15 is 0 Å². The normalized spacial score (nSPS) is 10.2. The van der Waals surface area contributed by atoms with Crippen LogP contribution < -0.4 is 15.0 Å². The van der Waals surface area contributed by atoms with E-state index in [0.717, 1.165) is 0 Å². The van der Waals surface area contributed by atoms with Crippen LogP contribution in [0, 0.1) is 0 Å². The Labute approximate surface area is 156 Å². The lowest BCUT2D eigenvalue weighted by atomic mass is 10.2. The highest BCUT2D eigenvalue weighted by atomic mass is 35.5. The van der Waals surface area contributed by atoms with Crippen LogP contribution in [0.1, 0.15) is 13.8 Å². The summed E-state index contributed by atoms with van der Waals surface area (Å²) in [4.78, 5) is 25.6. The molecule has 132 valence electrons. The molecule has 7 heteroatoms. The number of rotatable bonds is 6. The van der Waals surface area contributed by atoms with Crippen molar-refractivity contribution in [1.29, 1.82) is 0 Å². The predicted molar refractivity (Wildman–Crippen MR) is 101 cm³/mol. The second kappa shape index (κ2) is 8.74. The van der Waals surface area contributed by atoms with Crippen LogP contribution in [-0.2, 0) is 9.59 Å². The maximum absolute atomic E-state index is 12.3. The molecule has 0 aliphatic rings. The topological polar surface area (TPSA) is 58.6 Å². The van der Waals surface area contributed by atoms with Crippen LogP contribution >= 0.6 is 23.2 Å². The number of amides is 2. The maximum atomic E-state index is 12.3. The molecule has 0 aromatic heterocycles. The molecule has 0 saturated carbocycles. The molecule has 0 aliphatic heterocycles. The molecule has 0 saturated heterocycles. The van der Waals surface area contributed by atoms with E-state index in [1.54, 1.807) is 42.5 Å². The minimum absolute atomic E-state index is 0.121. The van der Waals surface area contributed by atoms with Crippen molar-refractivity contribution in [2.75, 3.05) is 23.4 Å². The Morgan fingerprint density at radius 1 is 1.08 bits per heavy atom. The Morgan fingerprint density at radius 3 is 2.32 bits per heavy atom. The number of nitrogens with one attached hydrogen (secondary N) is 1. The lowest BCUT2D eigenvalue weighted by Crippen LogP contribution is -2.36. The molecule has 5 nitrogen and oxygen atoms in total. The second-order valence-electron chi connectivity index (χ2n) is 5.21. The summed E-state index contributed by atoms with van der Waals surface area (Å²) in [5, 5.41) is 3.44. The van der Waals surface area contributed by atoms with Crippen molar-refractivity contribution in [2.45, 2.75) is 13.8 Å². The highest BCUT2D eigenvalue weighted by Gasteiger charge is 2.16. The van der Waals surface area contributed by atoms with Crippen LogP contribution in [0.3, 0.4) is 0 Å². The van der Waals surface area contributed by atoms with Gasteiger partial charge in [-0.05, 0) is 49.4 Å². The quantitative estimate of drug-likeness (QED) is 0.808. The lowest BCUT2D eigenvalue weighted by molar-refractivity contribution is -0.120. The van der Waals surface area contributed by atoms with Crippen LogP contribution in [0.5, 0.6) is 5.75 Å². The van der Waals surface area contributed by atoms with Gasteiger partial charge in [0.2, 0.25) is 11.8 Å². The molecule has 2 rings (SSSR count). The molecule has 25 heavy (non-hydrogen) atoms. The molecule has 1 N–H and O–H groups in total. The van der Waals surface area contributed by atoms with E-state index in [1.807, 2.05) is 6.92 Å². The minimum Gasteiger partial charge on any atom is -0.494 e. The van der Waals surface area contributed by atoms with Crippen molar-refractivity contribution in [2.24, 2.45) is 0 Å². The first kappa shape index (κ1) is 19.1. The smallest absolute Gasteiger partial charge is 0.244 e. The van der Waals surface area contributed by atoms with Crippen LogP contribution in [0.15, 0.2) is 42.5 Å². The molecule has 0 heterocycles. The first-order valence-electron chi connectivity index (χ1n) is 7.66. The van der Waals surface area contributed by atoms with Gasteiger partial charge in [-0.1, -0.05) is 23.2 Å². The van der Waals surface area contributed by atoms with Crippen molar-refractivity contribution < 1.29 is 14.3 Å². The summed E-state index contributed by atoms with van der Waals surface area (Å²) >= 11 is 11.8. The fourth-order valence-electron chi connectivity index (χ4n) is 2.19. The van der Waals surface area contributed by atoms with E-state index in [4.69, 9.17) is 27.9 Å². The molecule has 0 fully saturated rings. The van der Waals surface area contributed by atoms with Gasteiger partial charge in [0.05, 0.1) is 16.7 Å². The fraction of sp³-hybridized carbons (Fsp3) is 0.222. The van der Waals surface area contributed by atoms with Crippen LogP contribution in [0.2, 0.25) is 10.0 Å². The van der Waals surface area contributed by atoms with Gasteiger partial charge < -0.3 is 15.0 Å². The van der Waals surface area contributed by atoms with Crippen LogP contribution in [0.4, 0.5) is 11.4 Å². The second-order valence-corrected chi connectivity index (χ2v) is 6.02. The van der Waals surface area contributed by atoms with Crippen molar-refractivity contribution in [3.05, 3.63) is 52.5 Å². The van der Waals surface area contributed by atoms with Gasteiger partial charge in [0.25, 0.3) is 0 Å². The first-order valence-corrected chi connectivity index (χ1v) is 8.42. The van der Waals surface area contributed by atoms with Gasteiger partial charge in [0.1, 0.15) is 12.3 Å². The van der Waals surface area contributed by atoms with Gasteiger partial charge in [-0.2, -0.15) is 0 Å². The number of halogens is 2. The Kier molecular flexibility index (Phi) is 6.67. The molecule has 2 aromatic carbocycles. The lowest BCUT2D eigenvalue weighted by Gasteiger charge is -2.21. The molecule has 0 radical (unpaired) electrons. The number of carbonyl (C=O) groups excluding carboxylic acids is 2. The van der Waals surface area contributed by atoms with E-state index in [9.17, 15) is 9.59 Å². The van der Waals surface area contributed by atoms with Crippen molar-refractivity contribution in [3.63, 3.8) is 0 Å². The number of ether oxygens (including phenoxy) is 1. The maximum Gasteiger partial charge on any atom is 0.244 e. The number of benzene rings is 2. The highest BCUT2D eigenvalue weighted by Crippen LogP contribution is 2.25. The zero-order chi connectivity index (χ0) is 18.4. The molecule has 2 aromatic rings.